The van der Waals surface area contributed by atoms with Gasteiger partial charge in [0.1, 0.15) is 11.6 Å². The van der Waals surface area contributed by atoms with Crippen LogP contribution in [-0.2, 0) is 0 Å². The predicted octanol–water partition coefficient (Wildman–Crippen LogP) is 1.45. The van der Waals surface area contributed by atoms with Gasteiger partial charge in [-0.05, 0) is 19.1 Å². The average Bonchev–Trinajstić information content (AvgIpc) is 2.31. The van der Waals surface area contributed by atoms with E-state index in [2.05, 4.69) is 9.97 Å². The normalized spacial score (nSPS) is 12.3. The maximum absolute atomic E-state index is 13.4. The lowest BCUT2D eigenvalue weighted by Crippen LogP contribution is -2.27. The molecule has 0 aliphatic heterocycles. The third-order valence-electron chi connectivity index (χ3n) is 2.21. The van der Waals surface area contributed by atoms with Crippen LogP contribution in [0.1, 0.15) is 18.0 Å². The van der Waals surface area contributed by atoms with Gasteiger partial charge in [0.05, 0.1) is 5.25 Å². The van der Waals surface area contributed by atoms with Crippen LogP contribution in [0.25, 0.3) is 0 Å². The second-order valence-corrected chi connectivity index (χ2v) is 4.95. The van der Waals surface area contributed by atoms with E-state index in [1.54, 1.807) is 25.1 Å². The molecule has 18 heavy (non-hydrogen) atoms. The Balaban J connectivity index is 2.27. The minimum absolute atomic E-state index is 0.219. The summed E-state index contributed by atoms with van der Waals surface area (Å²) in [6, 6.07) is 6.29. The van der Waals surface area contributed by atoms with Crippen molar-refractivity contribution >= 4 is 11.8 Å². The van der Waals surface area contributed by atoms with Gasteiger partial charge in [-0.3, -0.25) is 9.97 Å². The third kappa shape index (κ3) is 2.86. The molecular weight excluding hydrogens is 257 g/mol. The molecule has 2 N–H and O–H groups in total. The van der Waals surface area contributed by atoms with Gasteiger partial charge in [-0.25, -0.2) is 14.0 Å². The molecule has 1 heterocycles. The van der Waals surface area contributed by atoms with Crippen molar-refractivity contribution in [3.05, 3.63) is 56.9 Å². The number of hydrogen-bond donors (Lipinski definition) is 2. The van der Waals surface area contributed by atoms with E-state index in [1.807, 2.05) is 4.98 Å². The zero-order valence-electron chi connectivity index (χ0n) is 9.44. The summed E-state index contributed by atoms with van der Waals surface area (Å²) in [5.41, 5.74) is -1.33. The summed E-state index contributed by atoms with van der Waals surface area (Å²) in [5.74, 6) is -0.126. The van der Waals surface area contributed by atoms with E-state index in [0.717, 1.165) is 0 Å². The first-order valence-electron chi connectivity index (χ1n) is 5.18. The van der Waals surface area contributed by atoms with Crippen LogP contribution in [0.5, 0.6) is 0 Å². The molecule has 94 valence electrons. The van der Waals surface area contributed by atoms with Gasteiger partial charge in [-0.1, -0.05) is 12.1 Å². The number of halogens is 1. The van der Waals surface area contributed by atoms with Gasteiger partial charge in [0.25, 0.3) is 0 Å². The monoisotopic (exact) mass is 267 g/mol. The number of hydrogen-bond acceptors (Lipinski definition) is 4. The summed E-state index contributed by atoms with van der Waals surface area (Å²) < 4.78 is 13.4. The first kappa shape index (κ1) is 12.6. The van der Waals surface area contributed by atoms with Crippen molar-refractivity contribution < 1.29 is 4.39 Å². The van der Waals surface area contributed by atoms with Crippen LogP contribution in [0.4, 0.5) is 4.39 Å². The van der Waals surface area contributed by atoms with Crippen molar-refractivity contribution in [3.8, 4) is 0 Å². The van der Waals surface area contributed by atoms with E-state index >= 15 is 0 Å². The predicted molar refractivity (Wildman–Crippen MR) is 66.2 cm³/mol. The number of benzene rings is 1. The number of rotatable bonds is 3. The van der Waals surface area contributed by atoms with Crippen LogP contribution >= 0.6 is 11.8 Å². The molecule has 7 heteroatoms. The summed E-state index contributed by atoms with van der Waals surface area (Å²) in [6.07, 6.45) is 0. The fourth-order valence-corrected chi connectivity index (χ4v) is 2.33. The summed E-state index contributed by atoms with van der Waals surface area (Å²) >= 11 is 1.18. The van der Waals surface area contributed by atoms with Gasteiger partial charge < -0.3 is 0 Å². The molecule has 1 atom stereocenters. The van der Waals surface area contributed by atoms with E-state index in [9.17, 15) is 14.0 Å². The lowest BCUT2D eigenvalue weighted by Gasteiger charge is -2.09. The molecule has 0 spiro atoms. The number of aromatic amines is 2. The fraction of sp³-hybridized carbons (Fsp3) is 0.182. The number of thioether (sulfide) groups is 1. The van der Waals surface area contributed by atoms with Gasteiger partial charge in [0.2, 0.25) is 0 Å². The first-order chi connectivity index (χ1) is 8.56. The van der Waals surface area contributed by atoms with E-state index in [-0.39, 0.29) is 16.9 Å². The molecule has 0 saturated carbocycles. The van der Waals surface area contributed by atoms with Gasteiger partial charge in [-0.15, -0.1) is 11.8 Å². The molecule has 1 unspecified atom stereocenters. The van der Waals surface area contributed by atoms with E-state index < -0.39 is 11.4 Å². The highest BCUT2D eigenvalue weighted by molar-refractivity contribution is 7.99. The average molecular weight is 267 g/mol. The van der Waals surface area contributed by atoms with Gasteiger partial charge in [-0.2, -0.15) is 4.98 Å². The maximum atomic E-state index is 13.4. The number of H-pyrrole nitrogens is 2. The largest absolute Gasteiger partial charge is 0.350 e. The Morgan fingerprint density at radius 1 is 1.28 bits per heavy atom. The number of nitrogens with one attached hydrogen (secondary N) is 2. The first-order valence-corrected chi connectivity index (χ1v) is 6.06. The Bertz CT molecular complexity index is 639. The van der Waals surface area contributed by atoms with Crippen molar-refractivity contribution in [1.82, 2.24) is 15.0 Å². The molecular formula is C11H10FN3O2S. The smallest absolute Gasteiger partial charge is 0.294 e. The van der Waals surface area contributed by atoms with Crippen LogP contribution in [0.15, 0.2) is 38.8 Å². The Labute approximate surface area is 105 Å². The summed E-state index contributed by atoms with van der Waals surface area (Å²) in [6.45, 7) is 1.73. The van der Waals surface area contributed by atoms with Gasteiger partial charge in [0, 0.05) is 4.90 Å². The molecule has 1 aromatic carbocycles. The maximum Gasteiger partial charge on any atom is 0.350 e. The van der Waals surface area contributed by atoms with Gasteiger partial charge in [0.15, 0.2) is 0 Å². The molecule has 0 aliphatic rings. The van der Waals surface area contributed by atoms with Gasteiger partial charge >= 0.3 is 11.4 Å². The van der Waals surface area contributed by atoms with Crippen LogP contribution in [0.2, 0.25) is 0 Å². The molecule has 2 aromatic rings. The van der Waals surface area contributed by atoms with Crippen LogP contribution in [0.3, 0.4) is 0 Å². The molecule has 5 nitrogen and oxygen atoms in total. The van der Waals surface area contributed by atoms with Crippen molar-refractivity contribution in [1.29, 1.82) is 0 Å². The highest BCUT2D eigenvalue weighted by Gasteiger charge is 2.13. The molecule has 0 saturated heterocycles. The van der Waals surface area contributed by atoms with E-state index in [0.29, 0.717) is 4.90 Å². The lowest BCUT2D eigenvalue weighted by atomic mass is 10.3. The highest BCUT2D eigenvalue weighted by Crippen LogP contribution is 2.33. The number of aromatic nitrogens is 3. The van der Waals surface area contributed by atoms with Crippen LogP contribution in [0, 0.1) is 5.82 Å². The Morgan fingerprint density at radius 2 is 2.00 bits per heavy atom. The van der Waals surface area contributed by atoms with Crippen molar-refractivity contribution in [2.24, 2.45) is 0 Å². The summed E-state index contributed by atoms with van der Waals surface area (Å²) in [4.78, 5) is 30.7. The third-order valence-corrected chi connectivity index (χ3v) is 3.37. The summed E-state index contributed by atoms with van der Waals surface area (Å²) in [7, 11) is 0. The quantitative estimate of drug-likeness (QED) is 0.825. The molecule has 0 amide bonds. The van der Waals surface area contributed by atoms with Crippen molar-refractivity contribution in [2.45, 2.75) is 17.1 Å². The minimum Gasteiger partial charge on any atom is -0.294 e. The van der Waals surface area contributed by atoms with Crippen LogP contribution in [-0.4, -0.2) is 15.0 Å². The number of nitrogens with zero attached hydrogens (tertiary/aromatic N) is 1. The standard InChI is InChI=1S/C11H10FN3O2S/c1-6(9-13-10(16)15-11(17)14-9)18-8-5-3-2-4-7(8)12/h2-6H,1H3,(H2,13,14,15,16,17). The Morgan fingerprint density at radius 3 is 2.67 bits per heavy atom. The molecule has 0 bridgehead atoms. The van der Waals surface area contributed by atoms with Crippen LogP contribution < -0.4 is 11.4 Å². The van der Waals surface area contributed by atoms with Crippen molar-refractivity contribution in [3.63, 3.8) is 0 Å². The topological polar surface area (TPSA) is 78.6 Å². The lowest BCUT2D eigenvalue weighted by molar-refractivity contribution is 0.601. The van der Waals surface area contributed by atoms with E-state index in [4.69, 9.17) is 0 Å². The Hall–Kier alpha value is -1.89. The molecule has 2 rings (SSSR count). The SMILES string of the molecule is CC(Sc1ccccc1F)c1nc(=O)[nH]c(=O)[nH]1. The zero-order chi connectivity index (χ0) is 13.1. The molecule has 0 aliphatic carbocycles. The minimum atomic E-state index is -0.713. The molecule has 1 aromatic heterocycles. The second kappa shape index (κ2) is 5.18. The molecule has 0 radical (unpaired) electrons. The fourth-order valence-electron chi connectivity index (χ4n) is 1.39. The van der Waals surface area contributed by atoms with Crippen molar-refractivity contribution in [2.75, 3.05) is 0 Å². The molecule has 0 fully saturated rings. The van der Waals surface area contributed by atoms with E-state index in [1.165, 1.54) is 17.8 Å². The highest BCUT2D eigenvalue weighted by atomic mass is 32.2. The summed E-state index contributed by atoms with van der Waals surface area (Å²) in [5, 5.41) is -0.336. The zero-order valence-corrected chi connectivity index (χ0v) is 10.3. The second-order valence-electron chi connectivity index (χ2n) is 3.57. The Kier molecular flexibility index (Phi) is 3.61.